The summed E-state index contributed by atoms with van der Waals surface area (Å²) in [5.41, 5.74) is 7.78. The van der Waals surface area contributed by atoms with Gasteiger partial charge < -0.3 is 10.7 Å². The molecule has 1 fully saturated rings. The number of rotatable bonds is 1. The van der Waals surface area contributed by atoms with Gasteiger partial charge >= 0.3 is 0 Å². The van der Waals surface area contributed by atoms with E-state index in [-0.39, 0.29) is 0 Å². The Bertz CT molecular complexity index is 598. The Morgan fingerprint density at radius 2 is 2.00 bits per heavy atom. The molecule has 0 spiro atoms. The Kier molecular flexibility index (Phi) is 3.12. The lowest BCUT2D eigenvalue weighted by atomic mass is 10.00. The molecule has 0 amide bonds. The highest BCUT2D eigenvalue weighted by Gasteiger charge is 2.28. The van der Waals surface area contributed by atoms with Gasteiger partial charge in [0.25, 0.3) is 0 Å². The number of hydrogen-bond acceptors (Lipinski definition) is 4. The first-order valence-electron chi connectivity index (χ1n) is 6.66. The topological polar surface area (TPSA) is 60.0 Å². The Morgan fingerprint density at radius 3 is 2.68 bits per heavy atom. The molecule has 1 aliphatic heterocycles. The number of piperidine rings is 1. The second kappa shape index (κ2) is 4.67. The van der Waals surface area contributed by atoms with Crippen molar-refractivity contribution in [3.05, 3.63) is 16.7 Å². The molecule has 0 radical (unpaired) electrons. The van der Waals surface area contributed by atoms with Crippen LogP contribution in [0.5, 0.6) is 0 Å². The summed E-state index contributed by atoms with van der Waals surface area (Å²) >= 11 is 3.42. The van der Waals surface area contributed by atoms with Crippen LogP contribution in [0.2, 0.25) is 0 Å². The molecule has 2 aromatic rings. The van der Waals surface area contributed by atoms with Crippen LogP contribution in [-0.4, -0.2) is 26.7 Å². The van der Waals surface area contributed by atoms with Crippen LogP contribution in [0.25, 0.3) is 11.2 Å². The number of hydrogen-bond donors (Lipinski definition) is 1. The maximum absolute atomic E-state index is 6.11. The molecule has 0 aliphatic carbocycles. The van der Waals surface area contributed by atoms with Gasteiger partial charge in [-0.25, -0.2) is 14.6 Å². The molecule has 0 aromatic carbocycles. The normalized spacial score (nSPS) is 24.1. The van der Waals surface area contributed by atoms with E-state index in [0.29, 0.717) is 18.0 Å². The first-order valence-corrected chi connectivity index (χ1v) is 7.45. The number of nitrogen functional groups attached to an aromatic ring is 1. The van der Waals surface area contributed by atoms with Crippen LogP contribution >= 0.6 is 15.9 Å². The summed E-state index contributed by atoms with van der Waals surface area (Å²) in [5.74, 6) is 0.515. The summed E-state index contributed by atoms with van der Waals surface area (Å²) in [6, 6.07) is 2.86. The zero-order chi connectivity index (χ0) is 13.6. The summed E-state index contributed by atoms with van der Waals surface area (Å²) in [7, 11) is 0. The van der Waals surface area contributed by atoms with Crippen molar-refractivity contribution in [2.75, 3.05) is 10.7 Å². The lowest BCUT2D eigenvalue weighted by Crippen LogP contribution is -2.51. The summed E-state index contributed by atoms with van der Waals surface area (Å²) in [6.07, 6.45) is 5.42. The molecule has 6 heteroatoms. The third-order valence-electron chi connectivity index (χ3n) is 3.84. The zero-order valence-corrected chi connectivity index (χ0v) is 12.8. The molecular formula is C13H18BrN5. The van der Waals surface area contributed by atoms with Crippen LogP contribution in [0.1, 0.15) is 33.1 Å². The number of imidazole rings is 1. The molecular weight excluding hydrogens is 306 g/mol. The minimum Gasteiger partial charge on any atom is -0.368 e. The number of halogens is 1. The number of fused-ring (bicyclic) bond motifs is 1. The van der Waals surface area contributed by atoms with Crippen molar-refractivity contribution in [3.63, 3.8) is 0 Å². The van der Waals surface area contributed by atoms with Gasteiger partial charge in [0.1, 0.15) is 5.52 Å². The largest absolute Gasteiger partial charge is 0.368 e. The predicted octanol–water partition coefficient (Wildman–Crippen LogP) is 2.67. The van der Waals surface area contributed by atoms with Crippen molar-refractivity contribution in [3.8, 4) is 0 Å². The standard InChI is InChI=1S/C13H18BrN5/c1-8-4-3-5-9(2)18(8)19-12-11(17-13(19)15)6-10(14)7-16-12/h6-9H,3-5H2,1-2H3,(H2,15,17). The highest BCUT2D eigenvalue weighted by molar-refractivity contribution is 9.10. The van der Waals surface area contributed by atoms with Gasteiger partial charge in [-0.3, -0.25) is 0 Å². The van der Waals surface area contributed by atoms with Crippen LogP contribution < -0.4 is 10.7 Å². The van der Waals surface area contributed by atoms with E-state index >= 15 is 0 Å². The highest BCUT2D eigenvalue weighted by atomic mass is 79.9. The third kappa shape index (κ3) is 2.08. The minimum absolute atomic E-state index is 0.453. The molecule has 3 rings (SSSR count). The van der Waals surface area contributed by atoms with E-state index in [0.717, 1.165) is 15.6 Å². The van der Waals surface area contributed by atoms with E-state index in [1.165, 1.54) is 19.3 Å². The molecule has 3 heterocycles. The van der Waals surface area contributed by atoms with Crippen molar-refractivity contribution < 1.29 is 0 Å². The van der Waals surface area contributed by atoms with Crippen molar-refractivity contribution in [1.82, 2.24) is 14.6 Å². The van der Waals surface area contributed by atoms with E-state index < -0.39 is 0 Å². The van der Waals surface area contributed by atoms with E-state index in [1.807, 2.05) is 10.7 Å². The van der Waals surface area contributed by atoms with Crippen molar-refractivity contribution in [2.45, 2.75) is 45.2 Å². The van der Waals surface area contributed by atoms with Gasteiger partial charge in [0.05, 0.1) is 0 Å². The maximum atomic E-state index is 6.11. The molecule has 5 nitrogen and oxygen atoms in total. The number of pyridine rings is 1. The number of nitrogens with two attached hydrogens (primary N) is 1. The Balaban J connectivity index is 2.15. The minimum atomic E-state index is 0.453. The quantitative estimate of drug-likeness (QED) is 0.876. The summed E-state index contributed by atoms with van der Waals surface area (Å²) in [5, 5.41) is 2.31. The molecule has 0 saturated carbocycles. The summed E-state index contributed by atoms with van der Waals surface area (Å²) < 4.78 is 2.90. The van der Waals surface area contributed by atoms with E-state index in [2.05, 4.69) is 44.8 Å². The van der Waals surface area contributed by atoms with Crippen molar-refractivity contribution in [1.29, 1.82) is 0 Å². The lowest BCUT2D eigenvalue weighted by molar-refractivity contribution is 0.342. The van der Waals surface area contributed by atoms with Crippen LogP contribution in [0.15, 0.2) is 16.7 Å². The van der Waals surface area contributed by atoms with Gasteiger partial charge in [-0.2, -0.15) is 0 Å². The fraction of sp³-hybridized carbons (Fsp3) is 0.538. The molecule has 19 heavy (non-hydrogen) atoms. The molecule has 2 N–H and O–H groups in total. The van der Waals surface area contributed by atoms with E-state index in [9.17, 15) is 0 Å². The van der Waals surface area contributed by atoms with Gasteiger partial charge in [0, 0.05) is 22.8 Å². The zero-order valence-electron chi connectivity index (χ0n) is 11.2. The molecule has 1 aliphatic rings. The summed E-state index contributed by atoms with van der Waals surface area (Å²) in [6.45, 7) is 4.47. The van der Waals surface area contributed by atoms with Crippen molar-refractivity contribution in [2.24, 2.45) is 0 Å². The SMILES string of the molecule is CC1CCCC(C)N1n1c(N)nc2cc(Br)cnc21. The van der Waals surface area contributed by atoms with Crippen LogP contribution in [0, 0.1) is 0 Å². The predicted molar refractivity (Wildman–Crippen MR) is 80.6 cm³/mol. The second-order valence-electron chi connectivity index (χ2n) is 5.29. The van der Waals surface area contributed by atoms with Gasteiger partial charge in [-0.15, -0.1) is 0 Å². The van der Waals surface area contributed by atoms with E-state index in [1.54, 1.807) is 6.20 Å². The van der Waals surface area contributed by atoms with Crippen molar-refractivity contribution >= 4 is 33.0 Å². The first kappa shape index (κ1) is 12.7. The van der Waals surface area contributed by atoms with Crippen LogP contribution in [-0.2, 0) is 0 Å². The number of anilines is 1. The van der Waals surface area contributed by atoms with Gasteiger partial charge in [0.15, 0.2) is 5.65 Å². The molecule has 2 aromatic heterocycles. The lowest BCUT2D eigenvalue weighted by Gasteiger charge is -2.41. The number of nitrogens with zero attached hydrogens (tertiary/aromatic N) is 4. The summed E-state index contributed by atoms with van der Waals surface area (Å²) in [4.78, 5) is 8.90. The van der Waals surface area contributed by atoms with Crippen LogP contribution in [0.3, 0.4) is 0 Å². The second-order valence-corrected chi connectivity index (χ2v) is 6.20. The van der Waals surface area contributed by atoms with Gasteiger partial charge in [0.2, 0.25) is 5.95 Å². The van der Waals surface area contributed by atoms with Gasteiger partial charge in [-0.1, -0.05) is 0 Å². The average molecular weight is 324 g/mol. The molecule has 102 valence electrons. The fourth-order valence-electron chi connectivity index (χ4n) is 2.98. The smallest absolute Gasteiger partial charge is 0.222 e. The highest BCUT2D eigenvalue weighted by Crippen LogP contribution is 2.26. The third-order valence-corrected chi connectivity index (χ3v) is 4.28. The Hall–Kier alpha value is -1.30. The Labute approximate surface area is 120 Å². The molecule has 2 unspecified atom stereocenters. The monoisotopic (exact) mass is 323 g/mol. The fourth-order valence-corrected chi connectivity index (χ4v) is 3.29. The van der Waals surface area contributed by atoms with Crippen LogP contribution in [0.4, 0.5) is 5.95 Å². The Morgan fingerprint density at radius 1 is 1.32 bits per heavy atom. The maximum Gasteiger partial charge on any atom is 0.222 e. The number of aromatic nitrogens is 3. The average Bonchev–Trinajstić information content (AvgIpc) is 2.65. The first-order chi connectivity index (χ1) is 9.08. The van der Waals surface area contributed by atoms with E-state index in [4.69, 9.17) is 5.73 Å². The molecule has 0 bridgehead atoms. The molecule has 2 atom stereocenters. The van der Waals surface area contributed by atoms with Gasteiger partial charge in [-0.05, 0) is 55.1 Å². The molecule has 1 saturated heterocycles.